The van der Waals surface area contributed by atoms with Gasteiger partial charge in [-0.3, -0.25) is 9.59 Å². The van der Waals surface area contributed by atoms with E-state index < -0.39 is 97.1 Å². The number of aryl methyl sites for hydroxylation is 1. The summed E-state index contributed by atoms with van der Waals surface area (Å²) < 4.78 is 147. The number of alkyl halides is 6. The zero-order valence-electron chi connectivity index (χ0n) is 27.0. The molecule has 3 aromatic carbocycles. The third-order valence-electron chi connectivity index (χ3n) is 10.0. The fourth-order valence-corrected chi connectivity index (χ4v) is 9.12. The lowest BCUT2D eigenvalue weighted by atomic mass is 9.81. The normalized spacial score (nSPS) is 21.9. The second kappa shape index (κ2) is 13.8. The predicted molar refractivity (Wildman–Crippen MR) is 166 cm³/mol. The molecule has 276 valence electrons. The van der Waals surface area contributed by atoms with E-state index in [4.69, 9.17) is 0 Å². The number of ether oxygens (including phenoxy) is 1. The molecule has 1 N–H and O–H groups in total. The van der Waals surface area contributed by atoms with Crippen molar-refractivity contribution in [2.75, 3.05) is 13.1 Å². The molecule has 1 saturated heterocycles. The Labute approximate surface area is 288 Å². The molecule has 1 saturated carbocycles. The Balaban J connectivity index is 1.56. The number of carboxylic acids is 1. The number of carboxylic acid groups (broad SMARTS) is 1. The first-order chi connectivity index (χ1) is 23.7. The lowest BCUT2D eigenvalue weighted by molar-refractivity contribution is -0.392. The molecule has 5 rings (SSSR count). The van der Waals surface area contributed by atoms with Gasteiger partial charge < -0.3 is 14.7 Å². The SMILES string of the molecule is Cc1cccc(F)c1COC(c1ccc(C2(S(=O)(=O)c3ccc(F)cc3)CCN(C(=O)C3CCC(C(=O)O)CC3)C2)cc1)(C(F)(F)F)C(F)(F)F. The predicted octanol–water partition coefficient (Wildman–Crippen LogP) is 7.60. The summed E-state index contributed by atoms with van der Waals surface area (Å²) >= 11 is 0. The van der Waals surface area contributed by atoms with Crippen LogP contribution in [0.15, 0.2) is 71.6 Å². The molecular formula is C35H33F8NO6S. The number of carbonyl (C=O) groups is 2. The molecule has 2 fully saturated rings. The van der Waals surface area contributed by atoms with E-state index in [-0.39, 0.29) is 49.8 Å². The summed E-state index contributed by atoms with van der Waals surface area (Å²) in [4.78, 5) is 25.8. The van der Waals surface area contributed by atoms with Crippen molar-refractivity contribution in [3.8, 4) is 0 Å². The number of sulfone groups is 1. The smallest absolute Gasteiger partial charge is 0.430 e. The molecule has 7 nitrogen and oxygen atoms in total. The van der Waals surface area contributed by atoms with Crippen LogP contribution in [0.5, 0.6) is 0 Å². The minimum atomic E-state index is -6.12. The maximum atomic E-state index is 14.6. The molecule has 3 aromatic rings. The average molecular weight is 748 g/mol. The van der Waals surface area contributed by atoms with Crippen LogP contribution in [-0.4, -0.2) is 55.7 Å². The fraction of sp³-hybridized carbons (Fsp3) is 0.429. The highest BCUT2D eigenvalue weighted by atomic mass is 32.2. The molecular weight excluding hydrogens is 714 g/mol. The third kappa shape index (κ3) is 6.84. The highest BCUT2D eigenvalue weighted by Gasteiger charge is 2.73. The first-order valence-electron chi connectivity index (χ1n) is 15.9. The van der Waals surface area contributed by atoms with E-state index in [0.29, 0.717) is 12.1 Å². The summed E-state index contributed by atoms with van der Waals surface area (Å²) in [6.45, 7) is -0.804. The lowest BCUT2D eigenvalue weighted by Gasteiger charge is -2.38. The number of aliphatic carboxylic acids is 1. The highest BCUT2D eigenvalue weighted by Crippen LogP contribution is 2.54. The largest absolute Gasteiger partial charge is 0.481 e. The van der Waals surface area contributed by atoms with Gasteiger partial charge in [-0.2, -0.15) is 26.3 Å². The van der Waals surface area contributed by atoms with Gasteiger partial charge >= 0.3 is 18.3 Å². The topological polar surface area (TPSA) is 101 Å². The first-order valence-corrected chi connectivity index (χ1v) is 17.4. The number of hydrogen-bond acceptors (Lipinski definition) is 5. The Hall–Kier alpha value is -4.05. The van der Waals surface area contributed by atoms with Crippen LogP contribution >= 0.6 is 0 Å². The van der Waals surface area contributed by atoms with Crippen molar-refractivity contribution in [3.05, 3.63) is 101 Å². The van der Waals surface area contributed by atoms with Crippen LogP contribution in [0, 0.1) is 30.4 Å². The van der Waals surface area contributed by atoms with Crippen molar-refractivity contribution < 1.29 is 63.0 Å². The second-order valence-corrected chi connectivity index (χ2v) is 15.2. The number of amides is 1. The van der Waals surface area contributed by atoms with Gasteiger partial charge in [-0.15, -0.1) is 0 Å². The van der Waals surface area contributed by atoms with E-state index >= 15 is 0 Å². The van der Waals surface area contributed by atoms with Crippen molar-refractivity contribution in [2.45, 2.75) is 73.2 Å². The van der Waals surface area contributed by atoms with E-state index in [1.807, 2.05) is 0 Å². The molecule has 1 amide bonds. The number of hydrogen-bond donors (Lipinski definition) is 1. The number of halogens is 8. The molecule has 1 aliphatic carbocycles. The molecule has 1 heterocycles. The Morgan fingerprint density at radius 2 is 1.43 bits per heavy atom. The van der Waals surface area contributed by atoms with Gasteiger partial charge in [-0.25, -0.2) is 17.2 Å². The van der Waals surface area contributed by atoms with Crippen LogP contribution in [0.3, 0.4) is 0 Å². The number of likely N-dealkylation sites (tertiary alicyclic amines) is 1. The molecule has 0 radical (unpaired) electrons. The average Bonchev–Trinajstić information content (AvgIpc) is 3.53. The number of carbonyl (C=O) groups excluding carboxylic acids is 1. The van der Waals surface area contributed by atoms with Crippen LogP contribution in [0.4, 0.5) is 35.1 Å². The Kier molecular flexibility index (Phi) is 10.4. The summed E-state index contributed by atoms with van der Waals surface area (Å²) in [5.74, 6) is -4.56. The van der Waals surface area contributed by atoms with Gasteiger partial charge in [0.1, 0.15) is 16.4 Å². The van der Waals surface area contributed by atoms with Gasteiger partial charge in [-0.1, -0.05) is 36.4 Å². The third-order valence-corrected chi connectivity index (χ3v) is 12.5. The highest BCUT2D eigenvalue weighted by molar-refractivity contribution is 7.92. The molecule has 51 heavy (non-hydrogen) atoms. The number of rotatable bonds is 9. The quantitative estimate of drug-likeness (QED) is 0.179. The molecule has 0 bridgehead atoms. The summed E-state index contributed by atoms with van der Waals surface area (Å²) in [6, 6.07) is 9.55. The number of nitrogens with zero attached hydrogens (tertiary/aromatic N) is 1. The van der Waals surface area contributed by atoms with Gasteiger partial charge in [0.15, 0.2) is 9.84 Å². The van der Waals surface area contributed by atoms with Crippen molar-refractivity contribution in [1.29, 1.82) is 0 Å². The van der Waals surface area contributed by atoms with Crippen molar-refractivity contribution in [2.24, 2.45) is 11.8 Å². The van der Waals surface area contributed by atoms with E-state index in [1.165, 1.54) is 24.0 Å². The lowest BCUT2D eigenvalue weighted by Crippen LogP contribution is -2.56. The van der Waals surface area contributed by atoms with Gasteiger partial charge in [0.05, 0.1) is 17.4 Å². The van der Waals surface area contributed by atoms with Gasteiger partial charge in [-0.05, 0) is 80.5 Å². The molecule has 0 aromatic heterocycles. The summed E-state index contributed by atoms with van der Waals surface area (Å²) in [6.07, 6.45) is -11.7. The molecule has 1 atom stereocenters. The van der Waals surface area contributed by atoms with E-state index in [9.17, 15) is 58.2 Å². The minimum absolute atomic E-state index is 0.0480. The second-order valence-electron chi connectivity index (χ2n) is 12.9. The van der Waals surface area contributed by atoms with E-state index in [0.717, 1.165) is 42.5 Å². The maximum absolute atomic E-state index is 14.6. The van der Waals surface area contributed by atoms with Gasteiger partial charge in [0.2, 0.25) is 5.91 Å². The standard InChI is InChI=1S/C35H33F8NO6S/c1-21-3-2-4-29(37)28(21)19-50-33(34(38,39)40,35(41,42)43)25-11-9-24(10-12-25)32(51(48,49)27-15-13-26(36)14-16-27)17-18-44(20-32)30(45)22-5-7-23(8-6-22)31(46)47/h2-4,9-16,22-23H,5-8,17-20H2,1H3,(H,46,47). The van der Waals surface area contributed by atoms with Crippen LogP contribution in [0.25, 0.3) is 0 Å². The molecule has 1 aliphatic heterocycles. The molecule has 1 unspecified atom stereocenters. The zero-order chi connectivity index (χ0) is 37.6. The van der Waals surface area contributed by atoms with Gasteiger partial charge in [0, 0.05) is 30.1 Å². The monoisotopic (exact) mass is 747 g/mol. The minimum Gasteiger partial charge on any atom is -0.481 e. The van der Waals surface area contributed by atoms with E-state index in [1.54, 1.807) is 0 Å². The molecule has 16 heteroatoms. The maximum Gasteiger partial charge on any atom is 0.430 e. The first kappa shape index (κ1) is 38.2. The van der Waals surface area contributed by atoms with Crippen LogP contribution in [0.1, 0.15) is 54.4 Å². The van der Waals surface area contributed by atoms with Crippen molar-refractivity contribution >= 4 is 21.7 Å². The fourth-order valence-electron chi connectivity index (χ4n) is 7.04. The molecule has 2 aliphatic rings. The van der Waals surface area contributed by atoms with E-state index in [2.05, 4.69) is 4.74 Å². The number of benzene rings is 3. The molecule has 0 spiro atoms. The Morgan fingerprint density at radius 3 is 1.96 bits per heavy atom. The van der Waals surface area contributed by atoms with Crippen LogP contribution in [0.2, 0.25) is 0 Å². The summed E-state index contributed by atoms with van der Waals surface area (Å²) in [5, 5.41) is 9.31. The Morgan fingerprint density at radius 1 is 0.863 bits per heavy atom. The summed E-state index contributed by atoms with van der Waals surface area (Å²) in [7, 11) is -4.60. The van der Waals surface area contributed by atoms with Crippen molar-refractivity contribution in [1.82, 2.24) is 4.90 Å². The van der Waals surface area contributed by atoms with Gasteiger partial charge in [0.25, 0.3) is 5.60 Å². The van der Waals surface area contributed by atoms with Crippen molar-refractivity contribution in [3.63, 3.8) is 0 Å². The van der Waals surface area contributed by atoms with Crippen LogP contribution < -0.4 is 0 Å². The Bertz CT molecular complexity index is 1840. The summed E-state index contributed by atoms with van der Waals surface area (Å²) in [5.41, 5.74) is -7.11. The van der Waals surface area contributed by atoms with Crippen LogP contribution in [-0.2, 0) is 41.1 Å². The zero-order valence-corrected chi connectivity index (χ0v) is 27.8.